The van der Waals surface area contributed by atoms with Gasteiger partial charge in [0.05, 0.1) is 18.6 Å². The van der Waals surface area contributed by atoms with Crippen LogP contribution in [-0.2, 0) is 14.2 Å². The molecule has 172 valence electrons. The lowest BCUT2D eigenvalue weighted by molar-refractivity contribution is -0.294. The molecule has 1 aliphatic heterocycles. The van der Waals surface area contributed by atoms with E-state index in [1.807, 2.05) is 6.07 Å². The molecule has 9 nitrogen and oxygen atoms in total. The Morgan fingerprint density at radius 3 is 2.79 bits per heavy atom. The summed E-state index contributed by atoms with van der Waals surface area (Å²) >= 11 is 0. The largest absolute Gasteiger partial charge is 0.394 e. The molecule has 0 saturated carbocycles. The summed E-state index contributed by atoms with van der Waals surface area (Å²) in [4.78, 5) is 21.3. The maximum absolute atomic E-state index is 12.6. The van der Waals surface area contributed by atoms with Crippen LogP contribution in [0.25, 0.3) is 11.0 Å². The van der Waals surface area contributed by atoms with E-state index in [0.29, 0.717) is 22.4 Å². The third-order valence-corrected chi connectivity index (χ3v) is 5.21. The van der Waals surface area contributed by atoms with Gasteiger partial charge in [-0.2, -0.15) is 0 Å². The van der Waals surface area contributed by atoms with Crippen molar-refractivity contribution in [2.45, 2.75) is 45.0 Å². The second-order valence-corrected chi connectivity index (χ2v) is 7.96. The van der Waals surface area contributed by atoms with Gasteiger partial charge in [-0.15, -0.1) is 5.92 Å². The number of anilines is 1. The Morgan fingerprint density at radius 1 is 1.27 bits per heavy atom. The number of aliphatic hydroxyl groups excluding tert-OH is 1. The Morgan fingerprint density at radius 2 is 2.06 bits per heavy atom. The monoisotopic (exact) mass is 450 g/mol. The van der Waals surface area contributed by atoms with Crippen molar-refractivity contribution in [3.63, 3.8) is 0 Å². The number of aromatic nitrogens is 3. The van der Waals surface area contributed by atoms with Gasteiger partial charge in [0, 0.05) is 11.8 Å². The standard InChI is InChI=1S/C24H26N4O5/c1-4-8-18-19(13-29)32-20(14-31-24(2,3)33-18)28-12-11-17-21(25-15-26-22(17)28)27-23(30)16-9-6-5-7-10-16/h5-7,9-12,15,18-20,29H,13-14H2,1-3H3,(H,25,26,27,30)/t18-,19+,20+/m0/s1. The fourth-order valence-corrected chi connectivity index (χ4v) is 3.62. The fourth-order valence-electron chi connectivity index (χ4n) is 3.62. The van der Waals surface area contributed by atoms with E-state index < -0.39 is 24.2 Å². The van der Waals surface area contributed by atoms with E-state index in [-0.39, 0.29) is 19.1 Å². The number of hydrogen-bond acceptors (Lipinski definition) is 7. The van der Waals surface area contributed by atoms with Crippen molar-refractivity contribution >= 4 is 22.8 Å². The van der Waals surface area contributed by atoms with Gasteiger partial charge >= 0.3 is 0 Å². The van der Waals surface area contributed by atoms with Crippen molar-refractivity contribution in [3.8, 4) is 11.8 Å². The van der Waals surface area contributed by atoms with Gasteiger partial charge in [-0.25, -0.2) is 9.97 Å². The Labute approximate surface area is 191 Å². The quantitative estimate of drug-likeness (QED) is 0.589. The SMILES string of the molecule is CC#C[C@@H]1OC(C)(C)OC[C@H](n2ccc3c(NC(=O)c4ccccc4)ncnc32)O[C@@H]1CO. The molecule has 3 atom stereocenters. The number of carbonyl (C=O) groups excluding carboxylic acids is 1. The first-order valence-electron chi connectivity index (χ1n) is 10.6. The lowest BCUT2D eigenvalue weighted by Crippen LogP contribution is -2.46. The second-order valence-electron chi connectivity index (χ2n) is 7.96. The lowest BCUT2D eigenvalue weighted by Gasteiger charge is -2.38. The number of carbonyl (C=O) groups is 1. The zero-order chi connectivity index (χ0) is 23.4. The molecule has 2 aromatic heterocycles. The van der Waals surface area contributed by atoms with Crippen LogP contribution in [0.15, 0.2) is 48.9 Å². The van der Waals surface area contributed by atoms with Crippen LogP contribution in [0.2, 0.25) is 0 Å². The third kappa shape index (κ3) is 5.05. The average molecular weight is 450 g/mol. The van der Waals surface area contributed by atoms with Gasteiger partial charge in [-0.3, -0.25) is 4.79 Å². The van der Waals surface area contributed by atoms with Crippen molar-refractivity contribution in [2.24, 2.45) is 0 Å². The van der Waals surface area contributed by atoms with Gasteiger partial charge in [0.25, 0.3) is 5.91 Å². The predicted molar refractivity (Wildman–Crippen MR) is 121 cm³/mol. The number of nitrogens with one attached hydrogen (secondary N) is 1. The molecule has 2 N–H and O–H groups in total. The molecule has 1 saturated heterocycles. The molecule has 1 aliphatic rings. The van der Waals surface area contributed by atoms with Crippen LogP contribution in [0.1, 0.15) is 37.4 Å². The van der Waals surface area contributed by atoms with Crippen LogP contribution >= 0.6 is 0 Å². The van der Waals surface area contributed by atoms with Crippen LogP contribution in [0.5, 0.6) is 0 Å². The average Bonchev–Trinajstić information content (AvgIpc) is 3.24. The summed E-state index contributed by atoms with van der Waals surface area (Å²) in [7, 11) is 0. The summed E-state index contributed by atoms with van der Waals surface area (Å²) in [5.74, 6) is 4.94. The van der Waals surface area contributed by atoms with Gasteiger partial charge in [-0.05, 0) is 39.0 Å². The highest BCUT2D eigenvalue weighted by Gasteiger charge is 2.36. The smallest absolute Gasteiger partial charge is 0.256 e. The molecule has 3 aromatic rings. The van der Waals surface area contributed by atoms with Gasteiger partial charge in [-0.1, -0.05) is 24.1 Å². The number of ether oxygens (including phenoxy) is 3. The minimum absolute atomic E-state index is 0.148. The van der Waals surface area contributed by atoms with E-state index in [2.05, 4.69) is 27.1 Å². The van der Waals surface area contributed by atoms with Crippen molar-refractivity contribution in [1.29, 1.82) is 0 Å². The molecule has 0 spiro atoms. The van der Waals surface area contributed by atoms with Gasteiger partial charge < -0.3 is 29.2 Å². The molecule has 0 bridgehead atoms. The first-order chi connectivity index (χ1) is 15.9. The van der Waals surface area contributed by atoms with Crippen molar-refractivity contribution in [2.75, 3.05) is 18.5 Å². The van der Waals surface area contributed by atoms with E-state index in [0.717, 1.165) is 0 Å². The van der Waals surface area contributed by atoms with Crippen LogP contribution in [0, 0.1) is 11.8 Å². The number of rotatable bonds is 4. The molecule has 3 heterocycles. The Hall–Kier alpha value is -3.29. The molecular weight excluding hydrogens is 424 g/mol. The number of amides is 1. The zero-order valence-corrected chi connectivity index (χ0v) is 18.7. The molecule has 9 heteroatoms. The number of hydrogen-bond donors (Lipinski definition) is 2. The molecule has 1 fully saturated rings. The summed E-state index contributed by atoms with van der Waals surface area (Å²) in [6.07, 6.45) is 1.19. The van der Waals surface area contributed by atoms with Gasteiger partial charge in [0.1, 0.15) is 30.0 Å². The predicted octanol–water partition coefficient (Wildman–Crippen LogP) is 2.73. The third-order valence-electron chi connectivity index (χ3n) is 5.21. The van der Waals surface area contributed by atoms with E-state index in [1.54, 1.807) is 61.9 Å². The van der Waals surface area contributed by atoms with Crippen LogP contribution in [0.3, 0.4) is 0 Å². The van der Waals surface area contributed by atoms with Crippen molar-refractivity contribution < 1.29 is 24.1 Å². The number of benzene rings is 1. The van der Waals surface area contributed by atoms with Gasteiger partial charge in [0.15, 0.2) is 12.0 Å². The highest BCUT2D eigenvalue weighted by atomic mass is 16.7. The molecule has 1 aromatic carbocycles. The van der Waals surface area contributed by atoms with E-state index in [1.165, 1.54) is 6.33 Å². The maximum Gasteiger partial charge on any atom is 0.256 e. The summed E-state index contributed by atoms with van der Waals surface area (Å²) in [5, 5.41) is 13.4. The summed E-state index contributed by atoms with van der Waals surface area (Å²) in [6.45, 7) is 5.15. The Kier molecular flexibility index (Phi) is 6.72. The summed E-state index contributed by atoms with van der Waals surface area (Å²) in [6, 6.07) is 10.7. The number of fused-ring (bicyclic) bond motifs is 1. The molecule has 4 rings (SSSR count). The number of nitrogens with zero attached hydrogens (tertiary/aromatic N) is 3. The first-order valence-corrected chi connectivity index (χ1v) is 10.6. The second kappa shape index (κ2) is 9.68. The van der Waals surface area contributed by atoms with Crippen LogP contribution < -0.4 is 5.32 Å². The van der Waals surface area contributed by atoms with Crippen LogP contribution in [0.4, 0.5) is 5.82 Å². The molecule has 0 unspecified atom stereocenters. The summed E-state index contributed by atoms with van der Waals surface area (Å²) < 4.78 is 19.8. The molecule has 0 radical (unpaired) electrons. The zero-order valence-electron chi connectivity index (χ0n) is 18.7. The molecule has 33 heavy (non-hydrogen) atoms. The minimum atomic E-state index is -0.934. The summed E-state index contributed by atoms with van der Waals surface area (Å²) in [5.41, 5.74) is 1.08. The molecule has 1 amide bonds. The number of aliphatic hydroxyl groups is 1. The maximum atomic E-state index is 12.6. The minimum Gasteiger partial charge on any atom is -0.394 e. The lowest BCUT2D eigenvalue weighted by atomic mass is 10.2. The topological polar surface area (TPSA) is 108 Å². The van der Waals surface area contributed by atoms with Crippen LogP contribution in [-0.4, -0.2) is 56.8 Å². The fraction of sp³-hybridized carbons (Fsp3) is 0.375. The van der Waals surface area contributed by atoms with Gasteiger partial charge in [0.2, 0.25) is 0 Å². The Balaban J connectivity index is 1.65. The highest BCUT2D eigenvalue weighted by molar-refractivity contribution is 6.07. The van der Waals surface area contributed by atoms with E-state index >= 15 is 0 Å². The van der Waals surface area contributed by atoms with Crippen molar-refractivity contribution in [1.82, 2.24) is 14.5 Å². The Bertz CT molecular complexity index is 1180. The van der Waals surface area contributed by atoms with E-state index in [9.17, 15) is 9.90 Å². The first kappa shape index (κ1) is 22.9. The molecular formula is C24H26N4O5. The normalized spacial score (nSPS) is 22.6. The highest BCUT2D eigenvalue weighted by Crippen LogP contribution is 2.30. The molecule has 0 aliphatic carbocycles. The van der Waals surface area contributed by atoms with E-state index in [4.69, 9.17) is 14.2 Å². The van der Waals surface area contributed by atoms with Crippen molar-refractivity contribution in [3.05, 3.63) is 54.5 Å².